The van der Waals surface area contributed by atoms with Crippen LogP contribution < -0.4 is 5.32 Å². The zero-order valence-electron chi connectivity index (χ0n) is 15.5. The van der Waals surface area contributed by atoms with E-state index in [4.69, 9.17) is 0 Å². The molecule has 2 heterocycles. The Bertz CT molecular complexity index is 1130. The van der Waals surface area contributed by atoms with Crippen LogP contribution in [0.5, 0.6) is 0 Å². The summed E-state index contributed by atoms with van der Waals surface area (Å²) < 4.78 is 0. The Balaban J connectivity index is 1.75. The quantitative estimate of drug-likeness (QED) is 0.346. The first-order chi connectivity index (χ1) is 14.3. The van der Waals surface area contributed by atoms with Gasteiger partial charge in [-0.25, -0.2) is 9.97 Å². The van der Waals surface area contributed by atoms with Gasteiger partial charge in [0.1, 0.15) is 11.6 Å². The van der Waals surface area contributed by atoms with E-state index in [1.165, 1.54) is 17.3 Å². The highest BCUT2D eigenvalue weighted by atomic mass is 32.2. The Morgan fingerprint density at radius 1 is 0.897 bits per heavy atom. The van der Waals surface area contributed by atoms with Gasteiger partial charge < -0.3 is 5.32 Å². The second kappa shape index (κ2) is 9.00. The summed E-state index contributed by atoms with van der Waals surface area (Å²) in [5.41, 5.74) is 3.80. The molecule has 0 radical (unpaired) electrons. The Morgan fingerprint density at radius 2 is 1.66 bits per heavy atom. The minimum atomic E-state index is 0.394. The van der Waals surface area contributed by atoms with Gasteiger partial charge in [-0.05, 0) is 29.8 Å². The van der Waals surface area contributed by atoms with Crippen LogP contribution in [0.25, 0.3) is 11.3 Å². The zero-order chi connectivity index (χ0) is 19.9. The van der Waals surface area contributed by atoms with Crippen LogP contribution in [0.3, 0.4) is 0 Å². The zero-order valence-corrected chi connectivity index (χ0v) is 16.3. The number of rotatable bonds is 6. The van der Waals surface area contributed by atoms with Gasteiger partial charge in [0.2, 0.25) is 0 Å². The molecular formula is C23H17N5S. The molecule has 0 aliphatic rings. The minimum Gasteiger partial charge on any atom is -0.339 e. The largest absolute Gasteiger partial charge is 0.339 e. The van der Waals surface area contributed by atoms with Crippen molar-refractivity contribution >= 4 is 23.3 Å². The van der Waals surface area contributed by atoms with E-state index in [1.54, 1.807) is 12.4 Å². The van der Waals surface area contributed by atoms with Crippen molar-refractivity contribution in [1.29, 1.82) is 5.26 Å². The summed E-state index contributed by atoms with van der Waals surface area (Å²) in [5, 5.41) is 13.7. The smallest absolute Gasteiger partial charge is 0.190 e. The SMILES string of the molecule is N#Cc1c(Nc2ccccc2)nc(SCc2ccccc2)nc1-c1cccnc1. The maximum absolute atomic E-state index is 9.84. The molecule has 29 heavy (non-hydrogen) atoms. The highest BCUT2D eigenvalue weighted by Gasteiger charge is 2.17. The molecule has 0 saturated heterocycles. The lowest BCUT2D eigenvalue weighted by atomic mass is 10.1. The van der Waals surface area contributed by atoms with Crippen LogP contribution in [-0.2, 0) is 5.75 Å². The van der Waals surface area contributed by atoms with Crippen LogP contribution in [0, 0.1) is 11.3 Å². The molecule has 140 valence electrons. The maximum atomic E-state index is 9.84. The number of hydrogen-bond donors (Lipinski definition) is 1. The molecule has 4 rings (SSSR count). The lowest BCUT2D eigenvalue weighted by Crippen LogP contribution is -2.03. The minimum absolute atomic E-state index is 0.394. The molecule has 0 fully saturated rings. The van der Waals surface area contributed by atoms with Gasteiger partial charge in [-0.3, -0.25) is 4.98 Å². The Morgan fingerprint density at radius 3 is 2.34 bits per heavy atom. The molecule has 5 nitrogen and oxygen atoms in total. The van der Waals surface area contributed by atoms with E-state index in [1.807, 2.05) is 60.7 Å². The fourth-order valence-electron chi connectivity index (χ4n) is 2.79. The fraction of sp³-hybridized carbons (Fsp3) is 0.0435. The Labute approximate surface area is 173 Å². The highest BCUT2D eigenvalue weighted by Crippen LogP contribution is 2.31. The van der Waals surface area contributed by atoms with E-state index >= 15 is 0 Å². The van der Waals surface area contributed by atoms with Gasteiger partial charge in [-0.2, -0.15) is 5.26 Å². The van der Waals surface area contributed by atoms with Gasteiger partial charge in [-0.1, -0.05) is 60.3 Å². The first kappa shape index (κ1) is 18.7. The summed E-state index contributed by atoms with van der Waals surface area (Å²) in [6.07, 6.45) is 3.41. The van der Waals surface area contributed by atoms with Crippen LogP contribution in [0.2, 0.25) is 0 Å². The molecule has 1 N–H and O–H groups in total. The summed E-state index contributed by atoms with van der Waals surface area (Å²) in [6.45, 7) is 0. The number of aromatic nitrogens is 3. The second-order valence-corrected chi connectivity index (χ2v) is 7.14. The molecule has 0 aliphatic heterocycles. The summed E-state index contributed by atoms with van der Waals surface area (Å²) in [7, 11) is 0. The van der Waals surface area contributed by atoms with Crippen molar-refractivity contribution in [3.05, 3.63) is 96.3 Å². The molecule has 4 aromatic rings. The van der Waals surface area contributed by atoms with Crippen molar-refractivity contribution < 1.29 is 0 Å². The molecule has 0 unspecified atom stereocenters. The fourth-order valence-corrected chi connectivity index (χ4v) is 3.59. The predicted molar refractivity (Wildman–Crippen MR) is 116 cm³/mol. The molecule has 2 aromatic heterocycles. The summed E-state index contributed by atoms with van der Waals surface area (Å²) in [5.74, 6) is 1.23. The molecule has 2 aromatic carbocycles. The van der Waals surface area contributed by atoms with Crippen molar-refractivity contribution in [2.45, 2.75) is 10.9 Å². The van der Waals surface area contributed by atoms with E-state index < -0.39 is 0 Å². The van der Waals surface area contributed by atoms with Gasteiger partial charge in [-0.15, -0.1) is 0 Å². The molecular weight excluding hydrogens is 378 g/mol. The van der Waals surface area contributed by atoms with Crippen molar-refractivity contribution in [2.24, 2.45) is 0 Å². The van der Waals surface area contributed by atoms with Crippen molar-refractivity contribution in [1.82, 2.24) is 15.0 Å². The van der Waals surface area contributed by atoms with E-state index in [0.717, 1.165) is 17.0 Å². The van der Waals surface area contributed by atoms with Crippen molar-refractivity contribution in [2.75, 3.05) is 5.32 Å². The van der Waals surface area contributed by atoms with Gasteiger partial charge in [0, 0.05) is 29.4 Å². The average Bonchev–Trinajstić information content (AvgIpc) is 2.79. The lowest BCUT2D eigenvalue weighted by Gasteiger charge is -2.12. The number of thioether (sulfide) groups is 1. The molecule has 0 spiro atoms. The summed E-state index contributed by atoms with van der Waals surface area (Å²) in [6, 6.07) is 25.8. The molecule has 0 atom stereocenters. The van der Waals surface area contributed by atoms with Crippen LogP contribution in [0.4, 0.5) is 11.5 Å². The van der Waals surface area contributed by atoms with Crippen LogP contribution >= 0.6 is 11.8 Å². The first-order valence-corrected chi connectivity index (χ1v) is 10.0. The third-order valence-electron chi connectivity index (χ3n) is 4.18. The van der Waals surface area contributed by atoms with E-state index in [2.05, 4.69) is 38.5 Å². The number of anilines is 2. The third-order valence-corrected chi connectivity index (χ3v) is 5.10. The van der Waals surface area contributed by atoms with E-state index in [9.17, 15) is 5.26 Å². The summed E-state index contributed by atoms with van der Waals surface area (Å²) >= 11 is 1.53. The number of nitrogens with one attached hydrogen (secondary N) is 1. The number of benzene rings is 2. The Hall–Kier alpha value is -3.69. The standard InChI is InChI=1S/C23H17N5S/c24-14-20-21(18-10-7-13-25-15-18)27-23(29-16-17-8-3-1-4-9-17)28-22(20)26-19-11-5-2-6-12-19/h1-13,15H,16H2,(H,26,27,28). The lowest BCUT2D eigenvalue weighted by molar-refractivity contribution is 0.970. The maximum Gasteiger partial charge on any atom is 0.190 e. The van der Waals surface area contributed by atoms with Crippen LogP contribution in [0.15, 0.2) is 90.3 Å². The summed E-state index contributed by atoms with van der Waals surface area (Å²) in [4.78, 5) is 13.5. The number of nitriles is 1. The van der Waals surface area contributed by atoms with Crippen molar-refractivity contribution in [3.8, 4) is 17.3 Å². The van der Waals surface area contributed by atoms with Crippen LogP contribution in [0.1, 0.15) is 11.1 Å². The molecule has 0 aliphatic carbocycles. The Kier molecular flexibility index (Phi) is 5.79. The number of pyridine rings is 1. The monoisotopic (exact) mass is 395 g/mol. The number of hydrogen-bond acceptors (Lipinski definition) is 6. The molecule has 0 amide bonds. The van der Waals surface area contributed by atoms with Gasteiger partial charge in [0.25, 0.3) is 0 Å². The van der Waals surface area contributed by atoms with Gasteiger partial charge in [0.15, 0.2) is 11.0 Å². The number of para-hydroxylation sites is 1. The second-order valence-electron chi connectivity index (χ2n) is 6.20. The third kappa shape index (κ3) is 4.60. The molecule has 0 saturated carbocycles. The van der Waals surface area contributed by atoms with Gasteiger partial charge in [0.05, 0.1) is 5.69 Å². The highest BCUT2D eigenvalue weighted by molar-refractivity contribution is 7.98. The van der Waals surface area contributed by atoms with Crippen LogP contribution in [-0.4, -0.2) is 15.0 Å². The first-order valence-electron chi connectivity index (χ1n) is 9.05. The molecule has 6 heteroatoms. The van der Waals surface area contributed by atoms with Gasteiger partial charge >= 0.3 is 0 Å². The average molecular weight is 395 g/mol. The normalized spacial score (nSPS) is 10.3. The van der Waals surface area contributed by atoms with E-state index in [-0.39, 0.29) is 0 Å². The molecule has 0 bridgehead atoms. The topological polar surface area (TPSA) is 74.5 Å². The number of nitrogens with zero attached hydrogens (tertiary/aromatic N) is 4. The van der Waals surface area contributed by atoms with E-state index in [0.29, 0.717) is 22.2 Å². The predicted octanol–water partition coefficient (Wildman–Crippen LogP) is 5.45. The van der Waals surface area contributed by atoms with Crippen molar-refractivity contribution in [3.63, 3.8) is 0 Å².